The summed E-state index contributed by atoms with van der Waals surface area (Å²) in [4.78, 5) is 2.31. The smallest absolute Gasteiger partial charge is 0.241 e. The molecule has 1 saturated carbocycles. The van der Waals surface area contributed by atoms with Gasteiger partial charge in [-0.2, -0.15) is 0 Å². The third-order valence-corrected chi connectivity index (χ3v) is 6.02. The SMILES string of the molecule is COCC(NS(=O)(=O)c1cccc2c(N(C)C)cccc12)C1CC1. The van der Waals surface area contributed by atoms with Gasteiger partial charge < -0.3 is 9.64 Å². The average molecular weight is 348 g/mol. The highest BCUT2D eigenvalue weighted by molar-refractivity contribution is 7.89. The van der Waals surface area contributed by atoms with Crippen molar-refractivity contribution in [3.05, 3.63) is 36.4 Å². The Morgan fingerprint density at radius 1 is 1.17 bits per heavy atom. The summed E-state index contributed by atoms with van der Waals surface area (Å²) < 4.78 is 34.0. The van der Waals surface area contributed by atoms with Gasteiger partial charge in [-0.05, 0) is 30.9 Å². The van der Waals surface area contributed by atoms with Crippen LogP contribution in [0, 0.1) is 5.92 Å². The van der Waals surface area contributed by atoms with Gasteiger partial charge in [0.2, 0.25) is 10.0 Å². The average Bonchev–Trinajstić information content (AvgIpc) is 3.37. The van der Waals surface area contributed by atoms with Crippen molar-refractivity contribution in [3.8, 4) is 0 Å². The topological polar surface area (TPSA) is 58.6 Å². The predicted octanol–water partition coefficient (Wildman–Crippen LogP) is 2.61. The Bertz CT molecular complexity index is 829. The van der Waals surface area contributed by atoms with E-state index in [0.29, 0.717) is 17.4 Å². The quantitative estimate of drug-likeness (QED) is 0.836. The minimum Gasteiger partial charge on any atom is -0.383 e. The van der Waals surface area contributed by atoms with Gasteiger partial charge in [0.25, 0.3) is 0 Å². The van der Waals surface area contributed by atoms with Gasteiger partial charge in [0.05, 0.1) is 11.5 Å². The van der Waals surface area contributed by atoms with Gasteiger partial charge in [-0.1, -0.05) is 24.3 Å². The number of nitrogens with zero attached hydrogens (tertiary/aromatic N) is 1. The number of anilines is 1. The number of fused-ring (bicyclic) bond motifs is 1. The van der Waals surface area contributed by atoms with E-state index in [0.717, 1.165) is 29.3 Å². The highest BCUT2D eigenvalue weighted by Gasteiger charge is 2.34. The van der Waals surface area contributed by atoms with Crippen LogP contribution in [0.25, 0.3) is 10.8 Å². The lowest BCUT2D eigenvalue weighted by Gasteiger charge is -2.20. The summed E-state index contributed by atoms with van der Waals surface area (Å²) in [5.41, 5.74) is 1.00. The zero-order valence-electron chi connectivity index (χ0n) is 14.3. The van der Waals surface area contributed by atoms with Crippen molar-refractivity contribution in [2.45, 2.75) is 23.8 Å². The maximum absolute atomic E-state index is 13.0. The third kappa shape index (κ3) is 3.41. The molecular formula is C18H24N2O3S. The van der Waals surface area contributed by atoms with Crippen LogP contribution in [0.5, 0.6) is 0 Å². The van der Waals surface area contributed by atoms with E-state index in [-0.39, 0.29) is 6.04 Å². The molecule has 0 bridgehead atoms. The fourth-order valence-electron chi connectivity index (χ4n) is 3.10. The van der Waals surface area contributed by atoms with Crippen molar-refractivity contribution in [1.82, 2.24) is 4.72 Å². The van der Waals surface area contributed by atoms with Crippen molar-refractivity contribution < 1.29 is 13.2 Å². The van der Waals surface area contributed by atoms with Crippen molar-refractivity contribution in [1.29, 1.82) is 0 Å². The number of ether oxygens (including phenoxy) is 1. The van der Waals surface area contributed by atoms with Crippen LogP contribution in [0.4, 0.5) is 5.69 Å². The number of benzene rings is 2. The van der Waals surface area contributed by atoms with E-state index in [4.69, 9.17) is 4.74 Å². The Morgan fingerprint density at radius 2 is 1.83 bits per heavy atom. The zero-order valence-corrected chi connectivity index (χ0v) is 15.1. The molecule has 1 aliphatic carbocycles. The van der Waals surface area contributed by atoms with Crippen LogP contribution < -0.4 is 9.62 Å². The summed E-state index contributed by atoms with van der Waals surface area (Å²) in [6.07, 6.45) is 2.10. The molecule has 0 heterocycles. The number of methoxy groups -OCH3 is 1. The van der Waals surface area contributed by atoms with Crippen LogP contribution in [-0.4, -0.2) is 42.3 Å². The van der Waals surface area contributed by atoms with Crippen LogP contribution in [0.1, 0.15) is 12.8 Å². The van der Waals surface area contributed by atoms with Gasteiger partial charge in [0.15, 0.2) is 0 Å². The van der Waals surface area contributed by atoms with E-state index in [1.54, 1.807) is 19.2 Å². The molecule has 1 fully saturated rings. The van der Waals surface area contributed by atoms with Crippen LogP contribution >= 0.6 is 0 Å². The lowest BCUT2D eigenvalue weighted by Crippen LogP contribution is -2.39. The first kappa shape index (κ1) is 17.2. The monoisotopic (exact) mass is 348 g/mol. The maximum atomic E-state index is 13.0. The molecule has 130 valence electrons. The number of nitrogens with one attached hydrogen (secondary N) is 1. The fraction of sp³-hybridized carbons (Fsp3) is 0.444. The first-order chi connectivity index (χ1) is 11.4. The fourth-order valence-corrected chi connectivity index (χ4v) is 4.61. The minimum atomic E-state index is -3.60. The molecule has 0 aliphatic heterocycles. The van der Waals surface area contributed by atoms with Crippen molar-refractivity contribution in [3.63, 3.8) is 0 Å². The molecule has 3 rings (SSSR count). The molecular weight excluding hydrogens is 324 g/mol. The Hall–Kier alpha value is -1.63. The third-order valence-electron chi connectivity index (χ3n) is 4.47. The van der Waals surface area contributed by atoms with E-state index in [1.807, 2.05) is 43.3 Å². The first-order valence-corrected chi connectivity index (χ1v) is 9.62. The number of hydrogen-bond donors (Lipinski definition) is 1. The molecule has 1 unspecified atom stereocenters. The second-order valence-corrected chi connectivity index (χ2v) is 8.23. The van der Waals surface area contributed by atoms with Gasteiger partial charge in [-0.3, -0.25) is 0 Å². The van der Waals surface area contributed by atoms with Crippen molar-refractivity contribution in [2.24, 2.45) is 5.92 Å². The van der Waals surface area contributed by atoms with Crippen LogP contribution in [0.3, 0.4) is 0 Å². The van der Waals surface area contributed by atoms with Crippen molar-refractivity contribution in [2.75, 3.05) is 32.7 Å². The van der Waals surface area contributed by atoms with Gasteiger partial charge >= 0.3 is 0 Å². The summed E-state index contributed by atoms with van der Waals surface area (Å²) in [6, 6.07) is 11.0. The van der Waals surface area contributed by atoms with Crippen LogP contribution in [0.15, 0.2) is 41.3 Å². The molecule has 24 heavy (non-hydrogen) atoms. The second-order valence-electron chi connectivity index (χ2n) is 6.54. The zero-order chi connectivity index (χ0) is 17.3. The summed E-state index contributed by atoms with van der Waals surface area (Å²) >= 11 is 0. The van der Waals surface area contributed by atoms with Crippen LogP contribution in [-0.2, 0) is 14.8 Å². The molecule has 5 nitrogen and oxygen atoms in total. The molecule has 0 amide bonds. The van der Waals surface area contributed by atoms with Gasteiger partial charge in [0, 0.05) is 43.7 Å². The van der Waals surface area contributed by atoms with E-state index in [2.05, 4.69) is 4.72 Å². The molecule has 1 N–H and O–H groups in total. The number of rotatable bonds is 7. The summed E-state index contributed by atoms with van der Waals surface area (Å²) in [7, 11) is 1.91. The highest BCUT2D eigenvalue weighted by atomic mass is 32.2. The lowest BCUT2D eigenvalue weighted by atomic mass is 10.1. The lowest BCUT2D eigenvalue weighted by molar-refractivity contribution is 0.167. The highest BCUT2D eigenvalue weighted by Crippen LogP contribution is 2.34. The van der Waals surface area contributed by atoms with Crippen molar-refractivity contribution >= 4 is 26.5 Å². The summed E-state index contributed by atoms with van der Waals surface area (Å²) in [5, 5.41) is 1.67. The van der Waals surface area contributed by atoms with Gasteiger partial charge in [-0.15, -0.1) is 0 Å². The Morgan fingerprint density at radius 3 is 2.46 bits per heavy atom. The molecule has 6 heteroatoms. The largest absolute Gasteiger partial charge is 0.383 e. The molecule has 2 aromatic carbocycles. The first-order valence-electron chi connectivity index (χ1n) is 8.14. The molecule has 0 aromatic heterocycles. The van der Waals surface area contributed by atoms with Gasteiger partial charge in [-0.25, -0.2) is 13.1 Å². The Labute approximate surface area is 143 Å². The molecule has 1 atom stereocenters. The molecule has 0 spiro atoms. The van der Waals surface area contributed by atoms with Crippen LogP contribution in [0.2, 0.25) is 0 Å². The van der Waals surface area contributed by atoms with Gasteiger partial charge in [0.1, 0.15) is 0 Å². The Kier molecular flexibility index (Phi) is 4.80. The predicted molar refractivity (Wildman–Crippen MR) is 97.0 cm³/mol. The second kappa shape index (κ2) is 6.70. The van der Waals surface area contributed by atoms with E-state index >= 15 is 0 Å². The molecule has 1 aliphatic rings. The minimum absolute atomic E-state index is 0.160. The van der Waals surface area contributed by atoms with E-state index in [1.165, 1.54) is 0 Å². The summed E-state index contributed by atoms with van der Waals surface area (Å²) in [5.74, 6) is 0.382. The summed E-state index contributed by atoms with van der Waals surface area (Å²) in [6.45, 7) is 0.400. The standard InChI is InChI=1S/C18H24N2O3S/c1-20(2)17-8-4-7-15-14(17)6-5-9-18(15)24(21,22)19-16(12-23-3)13-10-11-13/h4-9,13,16,19H,10-12H2,1-3H3. The van der Waals surface area contributed by atoms with E-state index < -0.39 is 10.0 Å². The van der Waals surface area contributed by atoms with E-state index in [9.17, 15) is 8.42 Å². The molecule has 2 aromatic rings. The maximum Gasteiger partial charge on any atom is 0.241 e. The number of sulfonamides is 1. The molecule has 0 saturated heterocycles. The molecule has 0 radical (unpaired) electrons. The number of hydrogen-bond acceptors (Lipinski definition) is 4. The Balaban J connectivity index is 2.03. The normalized spacial score (nSPS) is 16.3.